The van der Waals surface area contributed by atoms with Gasteiger partial charge in [0.2, 0.25) is 0 Å². The second kappa shape index (κ2) is 13.8. The zero-order valence-electron chi connectivity index (χ0n) is 30.4. The van der Waals surface area contributed by atoms with Crippen molar-refractivity contribution in [2.24, 2.45) is 28.6 Å². The largest absolute Gasteiger partial charge is 0.458 e. The molecule has 7 rings (SSSR count). The first kappa shape index (κ1) is 38.0. The highest BCUT2D eigenvalue weighted by Gasteiger charge is 2.70. The molecule has 14 nitrogen and oxygen atoms in total. The van der Waals surface area contributed by atoms with Crippen LogP contribution in [-0.4, -0.2) is 143 Å². The number of hydrogen-bond acceptors (Lipinski definition) is 14. The van der Waals surface area contributed by atoms with Crippen LogP contribution in [0, 0.1) is 28.6 Å². The number of methoxy groups -OCH3 is 2. The van der Waals surface area contributed by atoms with Crippen LogP contribution < -0.4 is 0 Å². The fourth-order valence-electron chi connectivity index (χ4n) is 11.8. The Morgan fingerprint density at radius 2 is 1.51 bits per heavy atom. The van der Waals surface area contributed by atoms with E-state index in [1.165, 1.54) is 14.2 Å². The predicted molar refractivity (Wildman–Crippen MR) is 177 cm³/mol. The van der Waals surface area contributed by atoms with Crippen molar-refractivity contribution in [1.82, 2.24) is 0 Å². The summed E-state index contributed by atoms with van der Waals surface area (Å²) in [5.74, 6) is -0.000308. The Morgan fingerprint density at radius 1 is 0.804 bits per heavy atom. The maximum Gasteiger partial charge on any atom is 0.331 e. The van der Waals surface area contributed by atoms with Crippen LogP contribution in [0.4, 0.5) is 0 Å². The van der Waals surface area contributed by atoms with Gasteiger partial charge in [-0.25, -0.2) is 4.79 Å². The van der Waals surface area contributed by atoms with E-state index < -0.39 is 84.6 Å². The molecule has 6 fully saturated rings. The van der Waals surface area contributed by atoms with Crippen molar-refractivity contribution in [3.8, 4) is 0 Å². The van der Waals surface area contributed by atoms with E-state index in [2.05, 4.69) is 13.8 Å². The van der Waals surface area contributed by atoms with Crippen molar-refractivity contribution >= 4 is 5.97 Å². The Labute approximate surface area is 299 Å². The molecule has 0 unspecified atom stereocenters. The van der Waals surface area contributed by atoms with E-state index in [0.29, 0.717) is 38.7 Å². The molecule has 18 atom stereocenters. The van der Waals surface area contributed by atoms with Crippen LogP contribution in [0.15, 0.2) is 11.6 Å². The third-order valence-corrected chi connectivity index (χ3v) is 14.8. The lowest BCUT2D eigenvalue weighted by atomic mass is 9.42. The third-order valence-electron chi connectivity index (χ3n) is 14.8. The van der Waals surface area contributed by atoms with Crippen molar-refractivity contribution in [2.75, 3.05) is 27.4 Å². The average molecular weight is 727 g/mol. The molecule has 4 aliphatic carbocycles. The van der Waals surface area contributed by atoms with Crippen LogP contribution in [0.1, 0.15) is 78.6 Å². The predicted octanol–water partition coefficient (Wildman–Crippen LogP) is 0.703. The van der Waals surface area contributed by atoms with Gasteiger partial charge in [0.25, 0.3) is 0 Å². The molecule has 0 spiro atoms. The van der Waals surface area contributed by atoms with Gasteiger partial charge < -0.3 is 63.8 Å². The zero-order chi connectivity index (χ0) is 36.7. The molecule has 2 saturated heterocycles. The summed E-state index contributed by atoms with van der Waals surface area (Å²) < 4.78 is 41.6. The summed E-state index contributed by atoms with van der Waals surface area (Å²) in [6, 6.07) is 0. The average Bonchev–Trinajstić information content (AvgIpc) is 3.65. The zero-order valence-corrected chi connectivity index (χ0v) is 30.4. The monoisotopic (exact) mass is 726 g/mol. The normalized spacial score (nSPS) is 54.3. The van der Waals surface area contributed by atoms with Gasteiger partial charge in [0, 0.05) is 32.1 Å². The Balaban J connectivity index is 1.03. The second-order valence-electron chi connectivity index (χ2n) is 16.9. The molecular weight excluding hydrogens is 668 g/mol. The van der Waals surface area contributed by atoms with Gasteiger partial charge in [-0.15, -0.1) is 0 Å². The molecule has 3 aliphatic heterocycles. The molecule has 0 aromatic rings. The van der Waals surface area contributed by atoms with E-state index in [0.717, 1.165) is 31.3 Å². The van der Waals surface area contributed by atoms with Gasteiger partial charge in [-0.05, 0) is 87.0 Å². The number of fused-ring (bicyclic) bond motifs is 5. The van der Waals surface area contributed by atoms with Gasteiger partial charge in [-0.2, -0.15) is 0 Å². The first-order chi connectivity index (χ1) is 24.1. The first-order valence-electron chi connectivity index (χ1n) is 18.8. The molecule has 0 aromatic heterocycles. The van der Waals surface area contributed by atoms with E-state index in [-0.39, 0.29) is 35.2 Å². The molecule has 290 valence electrons. The minimum Gasteiger partial charge on any atom is -0.458 e. The van der Waals surface area contributed by atoms with Crippen molar-refractivity contribution in [3.63, 3.8) is 0 Å². The summed E-state index contributed by atoms with van der Waals surface area (Å²) in [5.41, 5.74) is -1.66. The maximum atomic E-state index is 12.6. The van der Waals surface area contributed by atoms with Crippen LogP contribution in [0.2, 0.25) is 0 Å². The van der Waals surface area contributed by atoms with E-state index in [9.17, 15) is 35.4 Å². The van der Waals surface area contributed by atoms with Gasteiger partial charge in [0.1, 0.15) is 49.3 Å². The molecule has 0 bridgehead atoms. The molecule has 4 saturated carbocycles. The summed E-state index contributed by atoms with van der Waals surface area (Å²) in [6.45, 7) is 5.88. The maximum absolute atomic E-state index is 12.6. The van der Waals surface area contributed by atoms with Gasteiger partial charge in [-0.1, -0.05) is 13.8 Å². The number of aliphatic hydroxyl groups is 6. The van der Waals surface area contributed by atoms with Gasteiger partial charge in [-0.3, -0.25) is 0 Å². The number of rotatable bonds is 8. The minimum atomic E-state index is -1.60. The fraction of sp³-hybridized carbons (Fsp3) is 0.919. The molecule has 0 amide bonds. The molecule has 3 heterocycles. The lowest BCUT2D eigenvalue weighted by molar-refractivity contribution is -0.365. The van der Waals surface area contributed by atoms with Gasteiger partial charge >= 0.3 is 5.97 Å². The van der Waals surface area contributed by atoms with Crippen LogP contribution in [-0.2, 0) is 38.0 Å². The van der Waals surface area contributed by atoms with Crippen molar-refractivity contribution < 1.29 is 68.6 Å². The first-order valence-corrected chi connectivity index (χ1v) is 18.8. The van der Waals surface area contributed by atoms with Crippen LogP contribution in [0.5, 0.6) is 0 Å². The Morgan fingerprint density at radius 3 is 2.18 bits per heavy atom. The standard InChI is InChI=1S/C37H58O14/c1-18-29(51-32-28(42)27(41)26(40)24(16-38)50-32)30(45-4)31(46-5)33(48-18)49-20-6-10-34(2)22-7-11-35(3)21(19-14-25(39)47-17-19)9-13-37(35,44)23(22)8-12-36(34,43)15-20/h14,18,20-24,26-33,38,40-44H,6-13,15-17H2,1-5H3/t18-,20+,21-,22+,23-,24-,26-,27+,28-,29-,30-,31+,32-,33-,34-,35-,36+,37+/m1/s1. The number of aliphatic hydroxyl groups excluding tert-OH is 4. The topological polar surface area (TPSA) is 203 Å². The van der Waals surface area contributed by atoms with Gasteiger partial charge in [0.15, 0.2) is 12.6 Å². The number of esters is 1. The van der Waals surface area contributed by atoms with Crippen LogP contribution in [0.25, 0.3) is 0 Å². The van der Waals surface area contributed by atoms with Gasteiger partial charge in [0.05, 0.1) is 30.0 Å². The van der Waals surface area contributed by atoms with Crippen molar-refractivity contribution in [2.45, 2.75) is 157 Å². The molecular formula is C37H58O14. The second-order valence-corrected chi connectivity index (χ2v) is 16.9. The summed E-state index contributed by atoms with van der Waals surface area (Å²) in [7, 11) is 3.00. The summed E-state index contributed by atoms with van der Waals surface area (Å²) in [5, 5.41) is 65.8. The highest BCUT2D eigenvalue weighted by Crippen LogP contribution is 2.70. The number of ether oxygens (including phenoxy) is 7. The smallest absolute Gasteiger partial charge is 0.331 e. The number of carbonyl (C=O) groups is 1. The number of hydrogen-bond donors (Lipinski definition) is 6. The van der Waals surface area contributed by atoms with Crippen molar-refractivity contribution in [3.05, 3.63) is 11.6 Å². The Bertz CT molecular complexity index is 1330. The molecule has 14 heteroatoms. The Hall–Kier alpha value is -1.27. The molecule has 0 aromatic carbocycles. The minimum absolute atomic E-state index is 0.0473. The van der Waals surface area contributed by atoms with E-state index >= 15 is 0 Å². The number of carbonyl (C=O) groups excluding carboxylic acids is 1. The quantitative estimate of drug-likeness (QED) is 0.151. The summed E-state index contributed by atoms with van der Waals surface area (Å²) in [4.78, 5) is 11.9. The van der Waals surface area contributed by atoms with Crippen LogP contribution >= 0.6 is 0 Å². The highest BCUT2D eigenvalue weighted by atomic mass is 16.7. The van der Waals surface area contributed by atoms with Crippen LogP contribution in [0.3, 0.4) is 0 Å². The third kappa shape index (κ3) is 5.86. The van der Waals surface area contributed by atoms with E-state index in [1.54, 1.807) is 13.0 Å². The van der Waals surface area contributed by atoms with Crippen molar-refractivity contribution in [1.29, 1.82) is 0 Å². The summed E-state index contributed by atoms with van der Waals surface area (Å²) >= 11 is 0. The molecule has 6 N–H and O–H groups in total. The van der Waals surface area contributed by atoms with E-state index in [1.807, 2.05) is 0 Å². The molecule has 0 radical (unpaired) electrons. The lowest BCUT2D eigenvalue weighted by Crippen LogP contribution is -2.68. The fourth-order valence-corrected chi connectivity index (χ4v) is 11.8. The van der Waals surface area contributed by atoms with E-state index in [4.69, 9.17) is 33.2 Å². The molecule has 7 aliphatic rings. The highest BCUT2D eigenvalue weighted by molar-refractivity contribution is 5.85. The lowest BCUT2D eigenvalue weighted by Gasteiger charge is -2.66. The SMILES string of the molecule is CO[C@H]1[C@H](OC)[C@@H](O[C@H]2CC[C@]3(C)[C@H]4CC[C@]5(C)[C@@H](C6=CC(=O)OC6)CC[C@]5(O)[C@@H]4CC[C@]3(O)C2)O[C@H](C)[C@H]1O[C@H]1O[C@H](CO)[C@@H](O)[C@H](O)[C@H]1O. The Kier molecular flexibility index (Phi) is 10.3. The summed E-state index contributed by atoms with van der Waals surface area (Å²) in [6.07, 6.45) is -3.53. The molecule has 51 heavy (non-hydrogen) atoms. The number of cyclic esters (lactones) is 1.